The summed E-state index contributed by atoms with van der Waals surface area (Å²) >= 11 is 1.35. The molecule has 0 unspecified atom stereocenters. The van der Waals surface area contributed by atoms with Crippen molar-refractivity contribution in [2.24, 2.45) is 0 Å². The number of hydrogen-bond acceptors (Lipinski definition) is 5. The zero-order chi connectivity index (χ0) is 14.0. The molecular formula is C12H14N4O2S. The molecule has 1 N–H and O–H groups in total. The molecule has 0 saturated heterocycles. The van der Waals surface area contributed by atoms with E-state index in [1.54, 1.807) is 13.8 Å². The maximum Gasteiger partial charge on any atom is 0.256 e. The Balaban J connectivity index is 2.11. The lowest BCUT2D eigenvalue weighted by molar-refractivity contribution is -0.116. The number of nitrogens with one attached hydrogen (secondary N) is 1. The van der Waals surface area contributed by atoms with Gasteiger partial charge in [-0.15, -0.1) is 11.3 Å². The highest BCUT2D eigenvalue weighted by Crippen LogP contribution is 2.14. The van der Waals surface area contributed by atoms with Crippen molar-refractivity contribution in [1.29, 1.82) is 0 Å². The van der Waals surface area contributed by atoms with Crippen LogP contribution in [-0.4, -0.2) is 20.4 Å². The SMILES string of the molecule is Cc1csc(NC(=O)Cn2cnc(C)c(C)c2=O)n1. The lowest BCUT2D eigenvalue weighted by atomic mass is 10.3. The lowest BCUT2D eigenvalue weighted by Gasteiger charge is -2.07. The molecule has 19 heavy (non-hydrogen) atoms. The zero-order valence-electron chi connectivity index (χ0n) is 10.9. The molecule has 6 nitrogen and oxygen atoms in total. The van der Waals surface area contributed by atoms with Crippen LogP contribution < -0.4 is 10.9 Å². The number of thiazole rings is 1. The average Bonchev–Trinajstić information content (AvgIpc) is 2.75. The number of hydrogen-bond donors (Lipinski definition) is 1. The standard InChI is InChI=1S/C12H14N4O2S/c1-7-5-19-12(14-7)15-10(17)4-16-6-13-9(3)8(2)11(16)18/h5-6H,4H2,1-3H3,(H,14,15,17). The minimum atomic E-state index is -0.290. The monoisotopic (exact) mass is 278 g/mol. The van der Waals surface area contributed by atoms with Crippen molar-refractivity contribution >= 4 is 22.4 Å². The minimum Gasteiger partial charge on any atom is -0.300 e. The summed E-state index contributed by atoms with van der Waals surface area (Å²) in [4.78, 5) is 31.9. The van der Waals surface area contributed by atoms with Gasteiger partial charge in [0.15, 0.2) is 5.13 Å². The van der Waals surface area contributed by atoms with E-state index >= 15 is 0 Å². The number of carbonyl (C=O) groups excluding carboxylic acids is 1. The van der Waals surface area contributed by atoms with Crippen LogP contribution in [0.2, 0.25) is 0 Å². The van der Waals surface area contributed by atoms with E-state index in [4.69, 9.17) is 0 Å². The molecular weight excluding hydrogens is 264 g/mol. The number of anilines is 1. The van der Waals surface area contributed by atoms with Crippen LogP contribution in [0.25, 0.3) is 0 Å². The first-order chi connectivity index (χ1) is 8.97. The lowest BCUT2D eigenvalue weighted by Crippen LogP contribution is -2.29. The Labute approximate surface area is 114 Å². The van der Waals surface area contributed by atoms with Gasteiger partial charge in [0.25, 0.3) is 5.56 Å². The van der Waals surface area contributed by atoms with E-state index in [1.807, 2.05) is 12.3 Å². The molecule has 0 bridgehead atoms. The van der Waals surface area contributed by atoms with Gasteiger partial charge in [-0.3, -0.25) is 14.2 Å². The van der Waals surface area contributed by atoms with Gasteiger partial charge in [0.1, 0.15) is 6.54 Å². The van der Waals surface area contributed by atoms with Crippen molar-refractivity contribution in [2.75, 3.05) is 5.32 Å². The van der Waals surface area contributed by atoms with Crippen LogP contribution in [0.3, 0.4) is 0 Å². The first kappa shape index (κ1) is 13.4. The van der Waals surface area contributed by atoms with E-state index in [1.165, 1.54) is 22.2 Å². The van der Waals surface area contributed by atoms with Crippen molar-refractivity contribution in [3.8, 4) is 0 Å². The topological polar surface area (TPSA) is 76.9 Å². The summed E-state index contributed by atoms with van der Waals surface area (Å²) in [5, 5.41) is 5.03. The molecule has 2 aromatic rings. The Morgan fingerprint density at radius 3 is 2.79 bits per heavy atom. The molecule has 0 saturated carbocycles. The van der Waals surface area contributed by atoms with Crippen molar-refractivity contribution in [2.45, 2.75) is 27.3 Å². The normalized spacial score (nSPS) is 10.5. The van der Waals surface area contributed by atoms with Crippen molar-refractivity contribution in [3.63, 3.8) is 0 Å². The number of amides is 1. The van der Waals surface area contributed by atoms with Gasteiger partial charge in [-0.2, -0.15) is 0 Å². The summed E-state index contributed by atoms with van der Waals surface area (Å²) in [6.45, 7) is 5.25. The number of aryl methyl sites for hydroxylation is 2. The van der Waals surface area contributed by atoms with E-state index in [0.717, 1.165) is 5.69 Å². The van der Waals surface area contributed by atoms with Crippen LogP contribution in [-0.2, 0) is 11.3 Å². The molecule has 1 amide bonds. The Kier molecular flexibility index (Phi) is 3.75. The molecule has 0 aliphatic heterocycles. The minimum absolute atomic E-state index is 0.0639. The van der Waals surface area contributed by atoms with Gasteiger partial charge in [-0.1, -0.05) is 0 Å². The van der Waals surface area contributed by atoms with Crippen molar-refractivity contribution in [1.82, 2.24) is 14.5 Å². The molecule has 0 aromatic carbocycles. The molecule has 2 heterocycles. The molecule has 0 aliphatic carbocycles. The average molecular weight is 278 g/mol. The summed E-state index contributed by atoms with van der Waals surface area (Å²) in [5.41, 5.74) is 1.89. The highest BCUT2D eigenvalue weighted by Gasteiger charge is 2.09. The zero-order valence-corrected chi connectivity index (χ0v) is 11.7. The second-order valence-electron chi connectivity index (χ2n) is 4.23. The Bertz CT molecular complexity index is 675. The maximum atomic E-state index is 11.9. The predicted molar refractivity (Wildman–Crippen MR) is 73.5 cm³/mol. The highest BCUT2D eigenvalue weighted by atomic mass is 32.1. The second-order valence-corrected chi connectivity index (χ2v) is 5.09. The van der Waals surface area contributed by atoms with Crippen LogP contribution in [0.1, 0.15) is 17.0 Å². The Morgan fingerprint density at radius 1 is 1.42 bits per heavy atom. The number of aromatic nitrogens is 3. The van der Waals surface area contributed by atoms with E-state index in [2.05, 4.69) is 15.3 Å². The van der Waals surface area contributed by atoms with Crippen molar-refractivity contribution in [3.05, 3.63) is 39.0 Å². The van der Waals surface area contributed by atoms with Gasteiger partial charge in [-0.05, 0) is 20.8 Å². The maximum absolute atomic E-state index is 11.9. The largest absolute Gasteiger partial charge is 0.300 e. The van der Waals surface area contributed by atoms with E-state index in [0.29, 0.717) is 16.4 Å². The van der Waals surface area contributed by atoms with Crippen LogP contribution in [0.4, 0.5) is 5.13 Å². The van der Waals surface area contributed by atoms with E-state index < -0.39 is 0 Å². The van der Waals surface area contributed by atoms with Crippen molar-refractivity contribution < 1.29 is 4.79 Å². The molecule has 0 atom stereocenters. The van der Waals surface area contributed by atoms with Gasteiger partial charge < -0.3 is 5.32 Å². The highest BCUT2D eigenvalue weighted by molar-refractivity contribution is 7.13. The fraction of sp³-hybridized carbons (Fsp3) is 0.333. The number of carbonyl (C=O) groups is 1. The van der Waals surface area contributed by atoms with Crippen LogP contribution >= 0.6 is 11.3 Å². The first-order valence-corrected chi connectivity index (χ1v) is 6.60. The summed E-state index contributed by atoms with van der Waals surface area (Å²) in [6.07, 6.45) is 1.39. The first-order valence-electron chi connectivity index (χ1n) is 5.72. The van der Waals surface area contributed by atoms with Gasteiger partial charge in [0.05, 0.1) is 12.0 Å². The fourth-order valence-corrected chi connectivity index (χ4v) is 2.22. The molecule has 0 radical (unpaired) electrons. The predicted octanol–water partition coefficient (Wildman–Crippen LogP) is 1.26. The Morgan fingerprint density at radius 2 is 2.16 bits per heavy atom. The van der Waals surface area contributed by atoms with Gasteiger partial charge in [0.2, 0.25) is 5.91 Å². The summed E-state index contributed by atoms with van der Waals surface area (Å²) in [6, 6.07) is 0. The second kappa shape index (κ2) is 5.31. The molecule has 0 spiro atoms. The molecule has 2 rings (SSSR count). The molecule has 2 aromatic heterocycles. The third kappa shape index (κ3) is 3.05. The van der Waals surface area contributed by atoms with Gasteiger partial charge in [-0.25, -0.2) is 9.97 Å². The van der Waals surface area contributed by atoms with Crippen LogP contribution in [0, 0.1) is 20.8 Å². The van der Waals surface area contributed by atoms with Gasteiger partial charge in [0, 0.05) is 16.6 Å². The fourth-order valence-electron chi connectivity index (χ4n) is 1.51. The smallest absolute Gasteiger partial charge is 0.256 e. The Hall–Kier alpha value is -2.02. The quantitative estimate of drug-likeness (QED) is 0.917. The molecule has 0 fully saturated rings. The van der Waals surface area contributed by atoms with Gasteiger partial charge >= 0.3 is 0 Å². The third-order valence-corrected chi connectivity index (χ3v) is 3.57. The van der Waals surface area contributed by atoms with Crippen LogP contribution in [0.5, 0.6) is 0 Å². The number of nitrogens with zero attached hydrogens (tertiary/aromatic N) is 3. The number of rotatable bonds is 3. The summed E-state index contributed by atoms with van der Waals surface area (Å²) in [5.74, 6) is -0.290. The summed E-state index contributed by atoms with van der Waals surface area (Å²) < 4.78 is 1.29. The van der Waals surface area contributed by atoms with E-state index in [-0.39, 0.29) is 18.0 Å². The third-order valence-electron chi connectivity index (χ3n) is 2.69. The molecule has 100 valence electrons. The summed E-state index contributed by atoms with van der Waals surface area (Å²) in [7, 11) is 0. The molecule has 7 heteroatoms. The molecule has 0 aliphatic rings. The van der Waals surface area contributed by atoms with Crippen LogP contribution in [0.15, 0.2) is 16.5 Å². The van der Waals surface area contributed by atoms with E-state index in [9.17, 15) is 9.59 Å².